The van der Waals surface area contributed by atoms with Crippen molar-refractivity contribution in [3.05, 3.63) is 48.5 Å². The van der Waals surface area contributed by atoms with Gasteiger partial charge >= 0.3 is 168 Å². The standard InChI is InChI=1S/C20H26O4Se2/c1-3-21-13-15-23-17-9-5-7-11-19(17)25-26-20-12-8-6-10-18(20)24-16-14-22-4-2/h5-12H,3-4,13-16H2,1-2H3. The van der Waals surface area contributed by atoms with E-state index in [4.69, 9.17) is 18.9 Å². The molecule has 0 heterocycles. The fraction of sp³-hybridized carbons (Fsp3) is 0.400. The zero-order valence-corrected chi connectivity index (χ0v) is 18.7. The molecule has 0 spiro atoms. The van der Waals surface area contributed by atoms with Gasteiger partial charge in [0.05, 0.1) is 0 Å². The summed E-state index contributed by atoms with van der Waals surface area (Å²) in [5.74, 6) is 1.95. The topological polar surface area (TPSA) is 36.9 Å². The molecule has 0 saturated carbocycles. The van der Waals surface area contributed by atoms with Crippen molar-refractivity contribution in [2.45, 2.75) is 13.8 Å². The van der Waals surface area contributed by atoms with E-state index in [0.717, 1.165) is 24.7 Å². The molecule has 0 aliphatic rings. The Labute approximate surface area is 167 Å². The quantitative estimate of drug-likeness (QED) is 0.319. The third kappa shape index (κ3) is 7.71. The van der Waals surface area contributed by atoms with Gasteiger partial charge < -0.3 is 0 Å². The van der Waals surface area contributed by atoms with E-state index in [0.29, 0.717) is 52.7 Å². The number of hydrogen-bond donors (Lipinski definition) is 0. The second kappa shape index (κ2) is 13.2. The fourth-order valence-corrected chi connectivity index (χ4v) is 8.85. The minimum atomic E-state index is 0.328. The molecule has 0 radical (unpaired) electrons. The Kier molecular flexibility index (Phi) is 10.8. The van der Waals surface area contributed by atoms with Crippen LogP contribution in [0, 0.1) is 0 Å². The molecular formula is C20H26O4Se2. The van der Waals surface area contributed by atoms with Crippen LogP contribution in [0.2, 0.25) is 0 Å². The van der Waals surface area contributed by atoms with Crippen LogP contribution >= 0.6 is 0 Å². The van der Waals surface area contributed by atoms with Crippen molar-refractivity contribution in [3.8, 4) is 11.5 Å². The van der Waals surface area contributed by atoms with Crippen molar-refractivity contribution in [1.82, 2.24) is 0 Å². The van der Waals surface area contributed by atoms with Gasteiger partial charge in [0, 0.05) is 0 Å². The molecule has 0 aliphatic carbocycles. The Hall–Kier alpha value is -1.00. The maximum atomic E-state index is 5.90. The zero-order valence-electron chi connectivity index (χ0n) is 15.3. The van der Waals surface area contributed by atoms with E-state index in [2.05, 4.69) is 24.3 Å². The van der Waals surface area contributed by atoms with Crippen molar-refractivity contribution in [3.63, 3.8) is 0 Å². The molecule has 2 rings (SSSR count). The van der Waals surface area contributed by atoms with E-state index in [1.807, 2.05) is 38.1 Å². The first kappa shape index (κ1) is 21.3. The molecule has 2 aromatic carbocycles. The zero-order chi connectivity index (χ0) is 18.5. The average molecular weight is 488 g/mol. The number of benzene rings is 2. The van der Waals surface area contributed by atoms with Gasteiger partial charge in [-0.05, 0) is 0 Å². The number of ether oxygens (including phenoxy) is 4. The van der Waals surface area contributed by atoms with Crippen molar-refractivity contribution in [2.75, 3.05) is 39.6 Å². The van der Waals surface area contributed by atoms with Gasteiger partial charge in [0.25, 0.3) is 0 Å². The Morgan fingerprint density at radius 1 is 0.615 bits per heavy atom. The van der Waals surface area contributed by atoms with E-state index in [9.17, 15) is 0 Å². The Morgan fingerprint density at radius 3 is 1.46 bits per heavy atom. The van der Waals surface area contributed by atoms with Crippen LogP contribution in [0.3, 0.4) is 0 Å². The first-order valence-corrected chi connectivity index (χ1v) is 14.8. The summed E-state index contributed by atoms with van der Waals surface area (Å²) < 4.78 is 25.1. The van der Waals surface area contributed by atoms with Crippen LogP contribution < -0.4 is 18.4 Å². The molecule has 6 heteroatoms. The van der Waals surface area contributed by atoms with Crippen LogP contribution in [-0.2, 0) is 9.47 Å². The van der Waals surface area contributed by atoms with Crippen LogP contribution in [0.15, 0.2) is 48.5 Å². The van der Waals surface area contributed by atoms with Gasteiger partial charge in [-0.3, -0.25) is 0 Å². The van der Waals surface area contributed by atoms with Crippen LogP contribution in [0.5, 0.6) is 11.5 Å². The summed E-state index contributed by atoms with van der Waals surface area (Å²) >= 11 is 0.656. The second-order valence-electron chi connectivity index (χ2n) is 5.15. The molecule has 0 fully saturated rings. The second-order valence-corrected chi connectivity index (χ2v) is 11.3. The summed E-state index contributed by atoms with van der Waals surface area (Å²) in [6.45, 7) is 7.85. The molecule has 0 bridgehead atoms. The van der Waals surface area contributed by atoms with Crippen LogP contribution in [0.4, 0.5) is 0 Å². The Morgan fingerprint density at radius 2 is 1.04 bits per heavy atom. The molecule has 2 aromatic rings. The van der Waals surface area contributed by atoms with Crippen molar-refractivity contribution in [1.29, 1.82) is 0 Å². The first-order chi connectivity index (χ1) is 12.8. The van der Waals surface area contributed by atoms with Crippen LogP contribution in [0.1, 0.15) is 13.8 Å². The van der Waals surface area contributed by atoms with Gasteiger partial charge in [0.1, 0.15) is 0 Å². The van der Waals surface area contributed by atoms with Gasteiger partial charge in [-0.2, -0.15) is 0 Å². The number of para-hydroxylation sites is 2. The first-order valence-electron chi connectivity index (χ1n) is 8.78. The van der Waals surface area contributed by atoms with E-state index in [-0.39, 0.29) is 0 Å². The Balaban J connectivity index is 1.92. The van der Waals surface area contributed by atoms with E-state index in [1.54, 1.807) is 0 Å². The molecule has 0 aromatic heterocycles. The fourth-order valence-electron chi connectivity index (χ4n) is 2.08. The Bertz CT molecular complexity index is 581. The summed E-state index contributed by atoms with van der Waals surface area (Å²) in [4.78, 5) is 0. The molecule has 0 N–H and O–H groups in total. The normalized spacial score (nSPS) is 10.7. The van der Waals surface area contributed by atoms with Crippen molar-refractivity contribution < 1.29 is 18.9 Å². The number of hydrogen-bond acceptors (Lipinski definition) is 4. The van der Waals surface area contributed by atoms with Gasteiger partial charge in [0.2, 0.25) is 0 Å². The molecule has 0 aliphatic heterocycles. The van der Waals surface area contributed by atoms with Crippen molar-refractivity contribution in [2.24, 2.45) is 0 Å². The maximum absolute atomic E-state index is 5.90. The molecular weight excluding hydrogens is 462 g/mol. The predicted molar refractivity (Wildman–Crippen MR) is 108 cm³/mol. The summed E-state index contributed by atoms with van der Waals surface area (Å²) in [7, 11) is 0. The third-order valence-corrected chi connectivity index (χ3v) is 10.5. The third-order valence-electron chi connectivity index (χ3n) is 3.30. The van der Waals surface area contributed by atoms with Gasteiger partial charge in [-0.1, -0.05) is 0 Å². The number of rotatable bonds is 13. The molecule has 0 unspecified atom stereocenters. The summed E-state index contributed by atoms with van der Waals surface area (Å²) in [6.07, 6.45) is 0. The molecule has 142 valence electrons. The average Bonchev–Trinajstić information content (AvgIpc) is 2.68. The van der Waals surface area contributed by atoms with Crippen LogP contribution in [0.25, 0.3) is 0 Å². The molecule has 4 nitrogen and oxygen atoms in total. The molecule has 0 amide bonds. The molecule has 26 heavy (non-hydrogen) atoms. The van der Waals surface area contributed by atoms with Gasteiger partial charge in [-0.15, -0.1) is 0 Å². The van der Waals surface area contributed by atoms with Crippen molar-refractivity contribution >= 4 is 35.2 Å². The van der Waals surface area contributed by atoms with E-state index >= 15 is 0 Å². The SMILES string of the molecule is CCOCCOc1ccccc1[Se][Se]c1ccccc1OCCOCC. The van der Waals surface area contributed by atoms with Gasteiger partial charge in [0.15, 0.2) is 0 Å². The van der Waals surface area contributed by atoms with Gasteiger partial charge in [-0.25, -0.2) is 0 Å². The van der Waals surface area contributed by atoms with E-state index in [1.165, 1.54) is 8.92 Å². The monoisotopic (exact) mass is 490 g/mol. The molecule has 0 saturated heterocycles. The minimum absolute atomic E-state index is 0.328. The summed E-state index contributed by atoms with van der Waals surface area (Å²) in [5, 5.41) is 0. The van der Waals surface area contributed by atoms with Crippen LogP contribution in [-0.4, -0.2) is 65.9 Å². The van der Waals surface area contributed by atoms with E-state index < -0.39 is 0 Å². The molecule has 0 atom stereocenters. The predicted octanol–water partition coefficient (Wildman–Crippen LogP) is 1.79. The summed E-state index contributed by atoms with van der Waals surface area (Å²) in [5.41, 5.74) is 0. The summed E-state index contributed by atoms with van der Waals surface area (Å²) in [6, 6.07) is 16.6.